The molecule has 5 rings (SSSR count). The normalized spacial score (nSPS) is 20.4. The van der Waals surface area contributed by atoms with E-state index in [4.69, 9.17) is 0 Å². The summed E-state index contributed by atoms with van der Waals surface area (Å²) in [6.45, 7) is 0. The zero-order valence-electron chi connectivity index (χ0n) is 20.4. The standard InChI is InChI=1S/C27H32FN5O3/c1-29-25-14-24-17(15-30-25)11-21(26(35)33(24)19-8-9-20(34)13-19)16-7-10-22(28)23(12-16)32-27(36)31-18-5-3-2-4-6-18/h7,10-12,14-15,18-20,34H,2-6,8-9,13H2,1H3,(H,29,30)(H2,31,32,36)/t19?,20-/m1/s1. The number of fused-ring (bicyclic) bond motifs is 1. The summed E-state index contributed by atoms with van der Waals surface area (Å²) in [5.41, 5.74) is 1.42. The van der Waals surface area contributed by atoms with Gasteiger partial charge in [-0.15, -0.1) is 0 Å². The Morgan fingerprint density at radius 1 is 1.11 bits per heavy atom. The maximum Gasteiger partial charge on any atom is 0.319 e. The van der Waals surface area contributed by atoms with Crippen LogP contribution in [0.5, 0.6) is 0 Å². The fraction of sp³-hybridized carbons (Fsp3) is 0.444. The van der Waals surface area contributed by atoms with Crippen LogP contribution in [-0.2, 0) is 0 Å². The topological polar surface area (TPSA) is 108 Å². The second-order valence-electron chi connectivity index (χ2n) is 9.86. The Morgan fingerprint density at radius 3 is 2.64 bits per heavy atom. The molecule has 2 fully saturated rings. The van der Waals surface area contributed by atoms with Gasteiger partial charge < -0.3 is 25.6 Å². The van der Waals surface area contributed by atoms with Gasteiger partial charge in [0.15, 0.2) is 0 Å². The van der Waals surface area contributed by atoms with Crippen LogP contribution >= 0.6 is 0 Å². The van der Waals surface area contributed by atoms with E-state index in [2.05, 4.69) is 20.9 Å². The smallest absolute Gasteiger partial charge is 0.319 e. The monoisotopic (exact) mass is 493 g/mol. The minimum Gasteiger partial charge on any atom is -0.393 e. The number of carbonyl (C=O) groups excluding carboxylic acids is 1. The first kappa shape index (κ1) is 24.2. The second kappa shape index (κ2) is 10.3. The van der Waals surface area contributed by atoms with E-state index in [1.54, 1.807) is 29.9 Å². The van der Waals surface area contributed by atoms with E-state index < -0.39 is 18.0 Å². The number of aliphatic hydroxyl groups excluding tert-OH is 1. The molecule has 0 saturated heterocycles. The van der Waals surface area contributed by atoms with Crippen molar-refractivity contribution in [3.8, 4) is 11.1 Å². The number of pyridine rings is 2. The van der Waals surface area contributed by atoms with Crippen molar-refractivity contribution in [3.63, 3.8) is 0 Å². The van der Waals surface area contributed by atoms with Crippen molar-refractivity contribution in [2.24, 2.45) is 0 Å². The van der Waals surface area contributed by atoms with Crippen LogP contribution in [0.25, 0.3) is 22.0 Å². The fourth-order valence-corrected chi connectivity index (χ4v) is 5.49. The lowest BCUT2D eigenvalue weighted by molar-refractivity contribution is 0.178. The summed E-state index contributed by atoms with van der Waals surface area (Å²) in [6.07, 6.45) is 8.23. The summed E-state index contributed by atoms with van der Waals surface area (Å²) in [6, 6.07) is 7.39. The number of benzene rings is 1. The summed E-state index contributed by atoms with van der Waals surface area (Å²) in [5, 5.41) is 19.5. The van der Waals surface area contributed by atoms with Gasteiger partial charge in [-0.3, -0.25) is 4.79 Å². The van der Waals surface area contributed by atoms with Crippen LogP contribution in [-0.4, -0.2) is 39.9 Å². The predicted molar refractivity (Wildman–Crippen MR) is 139 cm³/mol. The van der Waals surface area contributed by atoms with Crippen LogP contribution in [0.3, 0.4) is 0 Å². The van der Waals surface area contributed by atoms with Crippen LogP contribution in [0, 0.1) is 5.82 Å². The molecule has 2 aliphatic carbocycles. The molecule has 36 heavy (non-hydrogen) atoms. The van der Waals surface area contributed by atoms with Gasteiger partial charge >= 0.3 is 6.03 Å². The lowest BCUT2D eigenvalue weighted by atomic mass is 9.96. The highest BCUT2D eigenvalue weighted by Crippen LogP contribution is 2.33. The number of hydrogen-bond acceptors (Lipinski definition) is 5. The quantitative estimate of drug-likeness (QED) is 0.409. The van der Waals surface area contributed by atoms with Crippen molar-refractivity contribution in [3.05, 3.63) is 52.7 Å². The van der Waals surface area contributed by atoms with Crippen molar-refractivity contribution < 1.29 is 14.3 Å². The van der Waals surface area contributed by atoms with E-state index in [1.807, 2.05) is 6.07 Å². The second-order valence-corrected chi connectivity index (χ2v) is 9.86. The molecule has 2 heterocycles. The van der Waals surface area contributed by atoms with Gasteiger partial charge in [-0.25, -0.2) is 14.2 Å². The largest absolute Gasteiger partial charge is 0.393 e. The van der Waals surface area contributed by atoms with E-state index in [0.717, 1.165) is 36.6 Å². The number of rotatable bonds is 5. The van der Waals surface area contributed by atoms with Gasteiger partial charge in [0, 0.05) is 42.3 Å². The lowest BCUT2D eigenvalue weighted by Gasteiger charge is -2.23. The zero-order valence-corrected chi connectivity index (χ0v) is 20.4. The number of aromatic nitrogens is 2. The number of anilines is 2. The summed E-state index contributed by atoms with van der Waals surface area (Å²) >= 11 is 0. The van der Waals surface area contributed by atoms with Crippen LogP contribution in [0.15, 0.2) is 41.3 Å². The molecular formula is C27H32FN5O3. The summed E-state index contributed by atoms with van der Waals surface area (Å²) < 4.78 is 16.4. The molecule has 0 aliphatic heterocycles. The fourth-order valence-electron chi connectivity index (χ4n) is 5.49. The molecule has 0 radical (unpaired) electrons. The third-order valence-electron chi connectivity index (χ3n) is 7.39. The Bertz CT molecular complexity index is 1330. The maximum absolute atomic E-state index is 14.7. The molecule has 2 amide bonds. The number of hydrogen-bond donors (Lipinski definition) is 4. The number of nitrogens with zero attached hydrogens (tertiary/aromatic N) is 2. The van der Waals surface area contributed by atoms with Crippen LogP contribution in [0.1, 0.15) is 57.4 Å². The van der Waals surface area contributed by atoms with Gasteiger partial charge in [-0.2, -0.15) is 0 Å². The first-order chi connectivity index (χ1) is 17.4. The van der Waals surface area contributed by atoms with Crippen molar-refractivity contribution in [2.45, 2.75) is 69.6 Å². The van der Waals surface area contributed by atoms with Gasteiger partial charge in [-0.05, 0) is 55.9 Å². The van der Waals surface area contributed by atoms with E-state index in [-0.39, 0.29) is 23.3 Å². The van der Waals surface area contributed by atoms with Gasteiger partial charge in [0.1, 0.15) is 11.6 Å². The number of nitrogens with one attached hydrogen (secondary N) is 3. The van der Waals surface area contributed by atoms with Crippen molar-refractivity contribution in [1.82, 2.24) is 14.9 Å². The Morgan fingerprint density at radius 2 is 1.92 bits per heavy atom. The number of halogens is 1. The van der Waals surface area contributed by atoms with Gasteiger partial charge in [0.25, 0.3) is 5.56 Å². The Kier molecular flexibility index (Phi) is 6.91. The molecule has 4 N–H and O–H groups in total. The number of urea groups is 1. The highest BCUT2D eigenvalue weighted by molar-refractivity contribution is 5.91. The maximum atomic E-state index is 14.7. The Hall–Kier alpha value is -3.46. The molecule has 8 nitrogen and oxygen atoms in total. The van der Waals surface area contributed by atoms with E-state index in [9.17, 15) is 19.1 Å². The highest BCUT2D eigenvalue weighted by Gasteiger charge is 2.27. The molecule has 1 aromatic carbocycles. The van der Waals surface area contributed by atoms with E-state index in [0.29, 0.717) is 36.2 Å². The zero-order chi connectivity index (χ0) is 25.2. The van der Waals surface area contributed by atoms with Gasteiger partial charge in [-0.1, -0.05) is 25.3 Å². The molecule has 3 aromatic rings. The summed E-state index contributed by atoms with van der Waals surface area (Å²) in [7, 11) is 1.77. The van der Waals surface area contributed by atoms with E-state index >= 15 is 0 Å². The number of amides is 2. The minimum atomic E-state index is -0.571. The highest BCUT2D eigenvalue weighted by atomic mass is 19.1. The summed E-state index contributed by atoms with van der Waals surface area (Å²) in [5.74, 6) is 0.0668. The SMILES string of the molecule is CNc1cc2c(cn1)cc(-c1ccc(F)c(NC(=O)NC3CCCCC3)c1)c(=O)n2C1CC[C@@H](O)C1. The average molecular weight is 494 g/mol. The number of carbonyl (C=O) groups is 1. The molecule has 2 aliphatic rings. The average Bonchev–Trinajstić information content (AvgIpc) is 3.30. The molecule has 9 heteroatoms. The molecule has 0 bridgehead atoms. The molecule has 1 unspecified atom stereocenters. The van der Waals surface area contributed by atoms with Crippen LogP contribution in [0.4, 0.5) is 20.7 Å². The Labute approximate surface area is 208 Å². The molecule has 190 valence electrons. The summed E-state index contributed by atoms with van der Waals surface area (Å²) in [4.78, 5) is 30.8. The third kappa shape index (κ3) is 4.93. The van der Waals surface area contributed by atoms with Crippen molar-refractivity contribution in [1.29, 1.82) is 0 Å². The van der Waals surface area contributed by atoms with Gasteiger partial charge in [0.05, 0.1) is 17.3 Å². The first-order valence-corrected chi connectivity index (χ1v) is 12.7. The van der Waals surface area contributed by atoms with Gasteiger partial charge in [0.2, 0.25) is 0 Å². The van der Waals surface area contributed by atoms with Crippen molar-refractivity contribution in [2.75, 3.05) is 17.7 Å². The molecule has 2 aromatic heterocycles. The molecular weight excluding hydrogens is 461 g/mol. The molecule has 0 spiro atoms. The van der Waals surface area contributed by atoms with Crippen LogP contribution in [0.2, 0.25) is 0 Å². The van der Waals surface area contributed by atoms with Crippen LogP contribution < -0.4 is 21.5 Å². The van der Waals surface area contributed by atoms with E-state index in [1.165, 1.54) is 18.6 Å². The molecule has 2 saturated carbocycles. The third-order valence-corrected chi connectivity index (χ3v) is 7.39. The lowest BCUT2D eigenvalue weighted by Crippen LogP contribution is -2.39. The first-order valence-electron chi connectivity index (χ1n) is 12.7. The number of aliphatic hydroxyl groups is 1. The predicted octanol–water partition coefficient (Wildman–Crippen LogP) is 4.78. The minimum absolute atomic E-state index is 0.0202. The van der Waals surface area contributed by atoms with Crippen molar-refractivity contribution >= 4 is 28.4 Å². The molecule has 2 atom stereocenters. The Balaban J connectivity index is 1.52.